The molecule has 3 aromatic rings. The predicted octanol–water partition coefficient (Wildman–Crippen LogP) is 4.05. The van der Waals surface area contributed by atoms with Gasteiger partial charge in [-0.05, 0) is 19.1 Å². The third-order valence-electron chi connectivity index (χ3n) is 3.82. The largest absolute Gasteiger partial charge is 0.497 e. The van der Waals surface area contributed by atoms with Crippen LogP contribution in [-0.2, 0) is 9.53 Å². The monoisotopic (exact) mass is 399 g/mol. The molecule has 1 N–H and O–H groups in total. The molecule has 1 aromatic heterocycles. The molecule has 146 valence electrons. The van der Waals surface area contributed by atoms with E-state index >= 15 is 0 Å². The summed E-state index contributed by atoms with van der Waals surface area (Å²) in [5.74, 6) is 1.82. The Morgan fingerprint density at radius 2 is 1.79 bits per heavy atom. The summed E-state index contributed by atoms with van der Waals surface area (Å²) in [6, 6.07) is 13.2. The molecule has 1 heterocycles. The van der Waals surface area contributed by atoms with Gasteiger partial charge >= 0.3 is 5.97 Å². The van der Waals surface area contributed by atoms with Crippen LogP contribution in [0.3, 0.4) is 0 Å². The van der Waals surface area contributed by atoms with Gasteiger partial charge in [0.1, 0.15) is 17.3 Å². The van der Waals surface area contributed by atoms with Crippen LogP contribution >= 0.6 is 11.8 Å². The zero-order chi connectivity index (χ0) is 19.9. The second-order valence-corrected chi connectivity index (χ2v) is 6.63. The lowest BCUT2D eigenvalue weighted by Gasteiger charge is -2.13. The minimum atomic E-state index is -0.295. The lowest BCUT2D eigenvalue weighted by molar-refractivity contribution is -0.139. The van der Waals surface area contributed by atoms with E-state index in [-0.39, 0.29) is 11.7 Å². The van der Waals surface area contributed by atoms with Gasteiger partial charge in [0.25, 0.3) is 0 Å². The first-order valence-electron chi connectivity index (χ1n) is 8.68. The molecule has 8 heteroatoms. The molecular weight excluding hydrogens is 378 g/mol. The molecule has 2 aromatic carbocycles. The number of benzene rings is 2. The highest BCUT2D eigenvalue weighted by atomic mass is 32.2. The summed E-state index contributed by atoms with van der Waals surface area (Å²) in [5, 5.41) is 4.66. The van der Waals surface area contributed by atoms with Crippen molar-refractivity contribution >= 4 is 40.1 Å². The van der Waals surface area contributed by atoms with Crippen LogP contribution in [-0.4, -0.2) is 42.5 Å². The first-order chi connectivity index (χ1) is 13.6. The van der Waals surface area contributed by atoms with Crippen molar-refractivity contribution in [1.29, 1.82) is 0 Å². The number of aromatic nitrogens is 2. The van der Waals surface area contributed by atoms with Crippen molar-refractivity contribution in [2.24, 2.45) is 0 Å². The number of nitrogens with zero attached hydrogens (tertiary/aromatic N) is 2. The first kappa shape index (κ1) is 19.8. The average molecular weight is 399 g/mol. The maximum atomic E-state index is 11.7. The minimum Gasteiger partial charge on any atom is -0.497 e. The summed E-state index contributed by atoms with van der Waals surface area (Å²) < 4.78 is 15.6. The molecule has 0 radical (unpaired) electrons. The van der Waals surface area contributed by atoms with Gasteiger partial charge in [-0.25, -0.2) is 9.97 Å². The van der Waals surface area contributed by atoms with E-state index in [0.717, 1.165) is 16.6 Å². The van der Waals surface area contributed by atoms with E-state index < -0.39 is 0 Å². The van der Waals surface area contributed by atoms with Crippen LogP contribution in [0.1, 0.15) is 6.92 Å². The SMILES string of the molecule is CCOC(=O)CSc1nc(Nc2cc(OC)cc(OC)c2)c2ccccc2n1. The quantitative estimate of drug-likeness (QED) is 0.345. The van der Waals surface area contributed by atoms with E-state index in [1.165, 1.54) is 11.8 Å². The van der Waals surface area contributed by atoms with E-state index in [2.05, 4.69) is 15.3 Å². The van der Waals surface area contributed by atoms with E-state index in [4.69, 9.17) is 14.2 Å². The molecule has 0 saturated carbocycles. The van der Waals surface area contributed by atoms with Crippen molar-refractivity contribution in [2.45, 2.75) is 12.1 Å². The van der Waals surface area contributed by atoms with Gasteiger partial charge in [-0.1, -0.05) is 23.9 Å². The molecule has 3 rings (SSSR count). The molecule has 0 spiro atoms. The second-order valence-electron chi connectivity index (χ2n) is 5.69. The standard InChI is InChI=1S/C20H21N3O4S/c1-4-27-18(24)12-28-20-22-17-8-6-5-7-16(17)19(23-20)21-13-9-14(25-2)11-15(10-13)26-3/h5-11H,4,12H2,1-3H3,(H,21,22,23). The fraction of sp³-hybridized carbons (Fsp3) is 0.250. The van der Waals surface area contributed by atoms with Crippen molar-refractivity contribution in [3.8, 4) is 11.5 Å². The van der Waals surface area contributed by atoms with Gasteiger partial charge in [0.2, 0.25) is 0 Å². The number of para-hydroxylation sites is 1. The molecule has 0 bridgehead atoms. The normalized spacial score (nSPS) is 10.5. The van der Waals surface area contributed by atoms with Gasteiger partial charge in [-0.3, -0.25) is 4.79 Å². The number of fused-ring (bicyclic) bond motifs is 1. The van der Waals surface area contributed by atoms with Gasteiger partial charge < -0.3 is 19.5 Å². The van der Waals surface area contributed by atoms with Crippen LogP contribution in [0.15, 0.2) is 47.6 Å². The third-order valence-corrected chi connectivity index (χ3v) is 4.64. The average Bonchev–Trinajstić information content (AvgIpc) is 2.72. The molecule has 0 unspecified atom stereocenters. The maximum Gasteiger partial charge on any atom is 0.316 e. The Morgan fingerprint density at radius 1 is 1.07 bits per heavy atom. The molecule has 0 fully saturated rings. The molecule has 0 amide bonds. The van der Waals surface area contributed by atoms with Crippen LogP contribution < -0.4 is 14.8 Å². The Morgan fingerprint density at radius 3 is 2.46 bits per heavy atom. The highest BCUT2D eigenvalue weighted by molar-refractivity contribution is 7.99. The summed E-state index contributed by atoms with van der Waals surface area (Å²) in [6.45, 7) is 2.13. The fourth-order valence-corrected chi connectivity index (χ4v) is 3.21. The molecule has 0 aliphatic rings. The third kappa shape index (κ3) is 4.83. The Bertz CT molecular complexity index is 959. The highest BCUT2D eigenvalue weighted by Crippen LogP contribution is 2.31. The molecule has 0 saturated heterocycles. The number of carbonyl (C=O) groups is 1. The zero-order valence-corrected chi connectivity index (χ0v) is 16.7. The van der Waals surface area contributed by atoms with Crippen LogP contribution in [0.5, 0.6) is 11.5 Å². The number of hydrogen-bond acceptors (Lipinski definition) is 8. The molecule has 0 atom stereocenters. The first-order valence-corrected chi connectivity index (χ1v) is 9.66. The summed E-state index contributed by atoms with van der Waals surface area (Å²) in [6.07, 6.45) is 0. The van der Waals surface area contributed by atoms with Crippen LogP contribution in [0, 0.1) is 0 Å². The van der Waals surface area contributed by atoms with Crippen molar-refractivity contribution in [2.75, 3.05) is 31.9 Å². The lowest BCUT2D eigenvalue weighted by atomic mass is 10.2. The number of rotatable bonds is 8. The van der Waals surface area contributed by atoms with Crippen molar-refractivity contribution < 1.29 is 19.0 Å². The van der Waals surface area contributed by atoms with Crippen LogP contribution in [0.25, 0.3) is 10.9 Å². The lowest BCUT2D eigenvalue weighted by Crippen LogP contribution is -2.07. The van der Waals surface area contributed by atoms with Gasteiger partial charge in [0, 0.05) is 29.3 Å². The van der Waals surface area contributed by atoms with Crippen LogP contribution in [0.2, 0.25) is 0 Å². The van der Waals surface area contributed by atoms with E-state index in [9.17, 15) is 4.79 Å². The Kier molecular flexibility index (Phi) is 6.54. The number of nitrogens with one attached hydrogen (secondary N) is 1. The molecular formula is C20H21N3O4S. The molecule has 7 nitrogen and oxygen atoms in total. The molecule has 28 heavy (non-hydrogen) atoms. The van der Waals surface area contributed by atoms with Gasteiger partial charge in [0.15, 0.2) is 5.16 Å². The number of methoxy groups -OCH3 is 2. The van der Waals surface area contributed by atoms with Crippen LogP contribution in [0.4, 0.5) is 11.5 Å². The van der Waals surface area contributed by atoms with Crippen molar-refractivity contribution in [3.05, 3.63) is 42.5 Å². The van der Waals surface area contributed by atoms with E-state index in [1.54, 1.807) is 27.2 Å². The zero-order valence-electron chi connectivity index (χ0n) is 15.9. The van der Waals surface area contributed by atoms with Crippen molar-refractivity contribution in [1.82, 2.24) is 9.97 Å². The summed E-state index contributed by atoms with van der Waals surface area (Å²) in [4.78, 5) is 20.8. The predicted molar refractivity (Wildman–Crippen MR) is 110 cm³/mol. The number of thioether (sulfide) groups is 1. The summed E-state index contributed by atoms with van der Waals surface area (Å²) in [5.41, 5.74) is 1.54. The van der Waals surface area contributed by atoms with Crippen molar-refractivity contribution in [3.63, 3.8) is 0 Å². The highest BCUT2D eigenvalue weighted by Gasteiger charge is 2.12. The minimum absolute atomic E-state index is 0.151. The van der Waals surface area contributed by atoms with E-state index in [1.807, 2.05) is 36.4 Å². The van der Waals surface area contributed by atoms with Gasteiger partial charge in [-0.2, -0.15) is 0 Å². The van der Waals surface area contributed by atoms with Gasteiger partial charge in [0.05, 0.1) is 32.1 Å². The van der Waals surface area contributed by atoms with Gasteiger partial charge in [-0.15, -0.1) is 0 Å². The molecule has 0 aliphatic heterocycles. The Hall–Kier alpha value is -3.00. The fourth-order valence-electron chi connectivity index (χ4n) is 2.56. The van der Waals surface area contributed by atoms with E-state index in [0.29, 0.717) is 29.1 Å². The number of hydrogen-bond donors (Lipinski definition) is 1. The smallest absolute Gasteiger partial charge is 0.316 e. The number of carbonyl (C=O) groups excluding carboxylic acids is 1. The number of anilines is 2. The number of ether oxygens (including phenoxy) is 3. The molecule has 0 aliphatic carbocycles. The Balaban J connectivity index is 1.94. The summed E-state index contributed by atoms with van der Waals surface area (Å²) in [7, 11) is 3.20. The second kappa shape index (κ2) is 9.27. The summed E-state index contributed by atoms with van der Waals surface area (Å²) >= 11 is 1.24. The topological polar surface area (TPSA) is 82.6 Å². The maximum absolute atomic E-state index is 11.7. The Labute approximate surface area is 167 Å². The number of esters is 1.